The molecule has 0 bridgehead atoms. The number of allylic oxidation sites excluding steroid dienone is 3. The maximum Gasteiger partial charge on any atom is 0.346 e. The molecule has 0 aliphatic heterocycles. The molecule has 0 saturated heterocycles. The highest BCUT2D eigenvalue weighted by Gasteiger charge is 2.02. The average molecular weight is 193 g/mol. The highest BCUT2D eigenvalue weighted by molar-refractivity contribution is 5.91. The van der Waals surface area contributed by atoms with Crippen molar-refractivity contribution in [2.45, 2.75) is 33.1 Å². The fourth-order valence-corrected chi connectivity index (χ4v) is 0.921. The summed E-state index contributed by atoms with van der Waals surface area (Å²) in [4.78, 5) is 10.4. The molecule has 0 aromatic carbocycles. The van der Waals surface area contributed by atoms with Crippen molar-refractivity contribution in [3.05, 3.63) is 23.3 Å². The minimum Gasteiger partial charge on any atom is -0.477 e. The van der Waals surface area contributed by atoms with Crippen molar-refractivity contribution in [1.29, 1.82) is 5.26 Å². The van der Waals surface area contributed by atoms with Gasteiger partial charge < -0.3 is 5.11 Å². The van der Waals surface area contributed by atoms with Crippen LogP contribution in [0.1, 0.15) is 33.1 Å². The molecule has 0 aliphatic carbocycles. The molecule has 0 heterocycles. The molecule has 0 atom stereocenters. The molecule has 1 N–H and O–H groups in total. The van der Waals surface area contributed by atoms with Gasteiger partial charge in [0.2, 0.25) is 0 Å². The molecular weight excluding hydrogens is 178 g/mol. The second kappa shape index (κ2) is 6.90. The van der Waals surface area contributed by atoms with E-state index in [4.69, 9.17) is 10.4 Å². The quantitative estimate of drug-likeness (QED) is 0.415. The Hall–Kier alpha value is -1.56. The molecule has 3 heteroatoms. The standard InChI is InChI=1S/C11H15NO2/c1-3-4-5-9(2)6-7-10(8-12)11(13)14/h6-7H,3-5H2,1-2H3,(H,13,14)/b9-6-,10-7+. The van der Waals surface area contributed by atoms with Gasteiger partial charge in [-0.1, -0.05) is 25.0 Å². The summed E-state index contributed by atoms with van der Waals surface area (Å²) in [5.74, 6) is -1.17. The number of unbranched alkanes of at least 4 members (excludes halogenated alkanes) is 1. The van der Waals surface area contributed by atoms with Gasteiger partial charge in [0.05, 0.1) is 0 Å². The topological polar surface area (TPSA) is 61.1 Å². The van der Waals surface area contributed by atoms with E-state index >= 15 is 0 Å². The number of aliphatic carboxylic acids is 1. The van der Waals surface area contributed by atoms with Crippen LogP contribution in [0.15, 0.2) is 23.3 Å². The van der Waals surface area contributed by atoms with E-state index in [9.17, 15) is 4.79 Å². The summed E-state index contributed by atoms with van der Waals surface area (Å²) in [7, 11) is 0. The number of hydrogen-bond donors (Lipinski definition) is 1. The Kier molecular flexibility index (Phi) is 6.13. The maximum atomic E-state index is 10.4. The van der Waals surface area contributed by atoms with Gasteiger partial charge in [0.1, 0.15) is 11.6 Å². The molecule has 0 unspecified atom stereocenters. The molecular formula is C11H15NO2. The van der Waals surface area contributed by atoms with Gasteiger partial charge in [0.15, 0.2) is 0 Å². The second-order valence-electron chi connectivity index (χ2n) is 3.11. The third-order valence-electron chi connectivity index (χ3n) is 1.81. The molecule has 0 aromatic rings. The zero-order chi connectivity index (χ0) is 11.0. The van der Waals surface area contributed by atoms with E-state index in [0.29, 0.717) is 0 Å². The summed E-state index contributed by atoms with van der Waals surface area (Å²) in [6, 6.07) is 1.63. The molecule has 76 valence electrons. The van der Waals surface area contributed by atoms with Crippen LogP contribution in [-0.4, -0.2) is 11.1 Å². The minimum atomic E-state index is -1.17. The molecule has 0 spiro atoms. The Morgan fingerprint density at radius 2 is 2.14 bits per heavy atom. The molecule has 0 aliphatic rings. The number of rotatable bonds is 5. The zero-order valence-corrected chi connectivity index (χ0v) is 8.58. The van der Waals surface area contributed by atoms with Crippen LogP contribution in [0.5, 0.6) is 0 Å². The van der Waals surface area contributed by atoms with Gasteiger partial charge in [0, 0.05) is 0 Å². The SMILES string of the molecule is CCCC/C(C)=C\C=C(/C#N)C(=O)O. The van der Waals surface area contributed by atoms with E-state index in [1.54, 1.807) is 12.1 Å². The molecule has 0 saturated carbocycles. The van der Waals surface area contributed by atoms with Gasteiger partial charge in [-0.15, -0.1) is 0 Å². The summed E-state index contributed by atoms with van der Waals surface area (Å²) < 4.78 is 0. The van der Waals surface area contributed by atoms with E-state index in [1.165, 1.54) is 6.08 Å². The summed E-state index contributed by atoms with van der Waals surface area (Å²) in [5, 5.41) is 17.0. The molecule has 0 aromatic heterocycles. The number of carbonyl (C=O) groups is 1. The number of hydrogen-bond acceptors (Lipinski definition) is 2. The van der Waals surface area contributed by atoms with Crippen molar-refractivity contribution in [1.82, 2.24) is 0 Å². The lowest BCUT2D eigenvalue weighted by molar-refractivity contribution is -0.132. The van der Waals surface area contributed by atoms with E-state index in [2.05, 4.69) is 6.92 Å². The van der Waals surface area contributed by atoms with Crippen molar-refractivity contribution >= 4 is 5.97 Å². The highest BCUT2D eigenvalue weighted by Crippen LogP contribution is 2.06. The number of nitriles is 1. The predicted octanol–water partition coefficient (Wildman–Crippen LogP) is 2.66. The van der Waals surface area contributed by atoms with Crippen LogP contribution in [0.25, 0.3) is 0 Å². The van der Waals surface area contributed by atoms with Crippen molar-refractivity contribution < 1.29 is 9.90 Å². The summed E-state index contributed by atoms with van der Waals surface area (Å²) in [6.45, 7) is 4.03. The van der Waals surface area contributed by atoms with Crippen LogP contribution in [0.4, 0.5) is 0 Å². The van der Waals surface area contributed by atoms with E-state index in [-0.39, 0.29) is 5.57 Å². The third-order valence-corrected chi connectivity index (χ3v) is 1.81. The fourth-order valence-electron chi connectivity index (χ4n) is 0.921. The Labute approximate surface area is 84.4 Å². The van der Waals surface area contributed by atoms with Crippen LogP contribution in [0.3, 0.4) is 0 Å². The van der Waals surface area contributed by atoms with Crippen molar-refractivity contribution in [2.75, 3.05) is 0 Å². The lowest BCUT2D eigenvalue weighted by atomic mass is 10.1. The lowest BCUT2D eigenvalue weighted by Crippen LogP contribution is -1.96. The summed E-state index contributed by atoms with van der Waals surface area (Å²) >= 11 is 0. The third kappa shape index (κ3) is 5.15. The van der Waals surface area contributed by atoms with Gasteiger partial charge in [-0.25, -0.2) is 4.79 Å². The Balaban J connectivity index is 4.36. The van der Waals surface area contributed by atoms with Gasteiger partial charge in [-0.05, 0) is 25.8 Å². The molecule has 0 rings (SSSR count). The van der Waals surface area contributed by atoms with Crippen LogP contribution in [0.2, 0.25) is 0 Å². The van der Waals surface area contributed by atoms with Gasteiger partial charge in [0.25, 0.3) is 0 Å². The zero-order valence-electron chi connectivity index (χ0n) is 8.58. The largest absolute Gasteiger partial charge is 0.477 e. The van der Waals surface area contributed by atoms with Crippen molar-refractivity contribution in [3.63, 3.8) is 0 Å². The Morgan fingerprint density at radius 1 is 1.50 bits per heavy atom. The van der Waals surface area contributed by atoms with E-state index < -0.39 is 5.97 Å². The van der Waals surface area contributed by atoms with E-state index in [1.807, 2.05) is 6.92 Å². The summed E-state index contributed by atoms with van der Waals surface area (Å²) in [6.07, 6.45) is 6.20. The maximum absolute atomic E-state index is 10.4. The number of carboxylic acid groups (broad SMARTS) is 1. The highest BCUT2D eigenvalue weighted by atomic mass is 16.4. The van der Waals surface area contributed by atoms with Crippen LogP contribution < -0.4 is 0 Å². The molecule has 0 fully saturated rings. The van der Waals surface area contributed by atoms with Crippen molar-refractivity contribution in [3.8, 4) is 6.07 Å². The van der Waals surface area contributed by atoms with Crippen LogP contribution in [0, 0.1) is 11.3 Å². The van der Waals surface area contributed by atoms with Gasteiger partial charge >= 0.3 is 5.97 Å². The monoisotopic (exact) mass is 193 g/mol. The fraction of sp³-hybridized carbons (Fsp3) is 0.455. The Bertz CT molecular complexity index is 295. The van der Waals surface area contributed by atoms with Crippen LogP contribution >= 0.6 is 0 Å². The molecule has 14 heavy (non-hydrogen) atoms. The first-order valence-corrected chi connectivity index (χ1v) is 4.62. The molecule has 3 nitrogen and oxygen atoms in total. The smallest absolute Gasteiger partial charge is 0.346 e. The molecule has 0 amide bonds. The van der Waals surface area contributed by atoms with Gasteiger partial charge in [-0.3, -0.25) is 0 Å². The number of nitrogens with zero attached hydrogens (tertiary/aromatic N) is 1. The number of carboxylic acids is 1. The first-order valence-electron chi connectivity index (χ1n) is 4.62. The van der Waals surface area contributed by atoms with Crippen molar-refractivity contribution in [2.24, 2.45) is 0 Å². The second-order valence-corrected chi connectivity index (χ2v) is 3.11. The minimum absolute atomic E-state index is 0.221. The normalized spacial score (nSPS) is 12.4. The average Bonchev–Trinajstić information content (AvgIpc) is 2.15. The first-order chi connectivity index (χ1) is 6.61. The predicted molar refractivity (Wildman–Crippen MR) is 54.6 cm³/mol. The van der Waals surface area contributed by atoms with Gasteiger partial charge in [-0.2, -0.15) is 5.26 Å². The van der Waals surface area contributed by atoms with E-state index in [0.717, 1.165) is 24.8 Å². The van der Waals surface area contributed by atoms with Crippen LogP contribution in [-0.2, 0) is 4.79 Å². The molecule has 0 radical (unpaired) electrons. The first kappa shape index (κ1) is 12.4. The summed E-state index contributed by atoms with van der Waals surface area (Å²) in [5.41, 5.74) is 0.877. The Morgan fingerprint density at radius 3 is 2.57 bits per heavy atom. The lowest BCUT2D eigenvalue weighted by Gasteiger charge is -1.96.